The van der Waals surface area contributed by atoms with Gasteiger partial charge in [-0.15, -0.1) is 0 Å². The molecule has 1 unspecified atom stereocenters. The van der Waals surface area contributed by atoms with Crippen molar-refractivity contribution in [2.75, 3.05) is 6.54 Å². The van der Waals surface area contributed by atoms with Crippen molar-refractivity contribution in [3.8, 4) is 0 Å². The second-order valence-electron chi connectivity index (χ2n) is 5.93. The number of hydrogen-bond donors (Lipinski definition) is 0. The number of hydrogen-bond acceptors (Lipinski definition) is 3. The van der Waals surface area contributed by atoms with Gasteiger partial charge in [-0.3, -0.25) is 4.79 Å². The normalized spacial score (nSPS) is 17.8. The third-order valence-corrected chi connectivity index (χ3v) is 4.75. The minimum Gasteiger partial charge on any atom is -0.351 e. The Balaban J connectivity index is 1.80. The number of rotatable bonds is 4. The average molecular weight is 301 g/mol. The van der Waals surface area contributed by atoms with Crippen molar-refractivity contribution in [1.29, 1.82) is 0 Å². The van der Waals surface area contributed by atoms with Gasteiger partial charge in [-0.05, 0) is 31.9 Å². The SMILES string of the molecule is CCC(CC)c1cc(C(=O)N2CCn3cccc3C2C)on1. The fraction of sp³-hybridized carbons (Fsp3) is 0.529. The molecule has 1 amide bonds. The van der Waals surface area contributed by atoms with Gasteiger partial charge in [0.1, 0.15) is 0 Å². The van der Waals surface area contributed by atoms with Crippen molar-refractivity contribution in [3.63, 3.8) is 0 Å². The predicted octanol–water partition coefficient (Wildman–Crippen LogP) is 3.60. The van der Waals surface area contributed by atoms with Gasteiger partial charge in [0.25, 0.3) is 5.91 Å². The Hall–Kier alpha value is -2.04. The Bertz CT molecular complexity index is 654. The van der Waals surface area contributed by atoms with Gasteiger partial charge >= 0.3 is 0 Å². The van der Waals surface area contributed by atoms with E-state index >= 15 is 0 Å². The zero-order valence-electron chi connectivity index (χ0n) is 13.5. The van der Waals surface area contributed by atoms with Crippen molar-refractivity contribution in [2.45, 2.75) is 52.1 Å². The highest BCUT2D eigenvalue weighted by Gasteiger charge is 2.30. The van der Waals surface area contributed by atoms with Gasteiger partial charge in [0.05, 0.1) is 11.7 Å². The minimum atomic E-state index is -0.0651. The molecular weight excluding hydrogens is 278 g/mol. The van der Waals surface area contributed by atoms with E-state index in [1.807, 2.05) is 17.0 Å². The summed E-state index contributed by atoms with van der Waals surface area (Å²) in [5.41, 5.74) is 2.06. The highest BCUT2D eigenvalue weighted by molar-refractivity contribution is 5.91. The lowest BCUT2D eigenvalue weighted by Crippen LogP contribution is -2.40. The molecular formula is C17H23N3O2. The molecule has 1 aliphatic rings. The molecule has 2 aromatic rings. The molecule has 3 rings (SSSR count). The molecule has 0 N–H and O–H groups in total. The zero-order chi connectivity index (χ0) is 15.7. The van der Waals surface area contributed by atoms with E-state index in [-0.39, 0.29) is 11.9 Å². The van der Waals surface area contributed by atoms with Gasteiger partial charge in [-0.25, -0.2) is 0 Å². The number of carbonyl (C=O) groups excluding carboxylic acids is 1. The summed E-state index contributed by atoms with van der Waals surface area (Å²) in [6.07, 6.45) is 4.07. The largest absolute Gasteiger partial charge is 0.351 e. The first-order chi connectivity index (χ1) is 10.7. The maximum absolute atomic E-state index is 12.7. The van der Waals surface area contributed by atoms with E-state index in [2.05, 4.69) is 42.8 Å². The molecule has 0 fully saturated rings. The van der Waals surface area contributed by atoms with Crippen LogP contribution in [-0.4, -0.2) is 27.1 Å². The third kappa shape index (κ3) is 2.45. The van der Waals surface area contributed by atoms with Crippen LogP contribution in [-0.2, 0) is 6.54 Å². The second-order valence-corrected chi connectivity index (χ2v) is 5.93. The monoisotopic (exact) mass is 301 g/mol. The van der Waals surface area contributed by atoms with Crippen LogP contribution in [0.4, 0.5) is 0 Å². The van der Waals surface area contributed by atoms with Crippen LogP contribution in [0, 0.1) is 0 Å². The topological polar surface area (TPSA) is 51.3 Å². The second kappa shape index (κ2) is 5.99. The van der Waals surface area contributed by atoms with Gasteiger partial charge in [-0.1, -0.05) is 19.0 Å². The Morgan fingerprint density at radius 1 is 1.41 bits per heavy atom. The number of nitrogens with zero attached hydrogens (tertiary/aromatic N) is 3. The quantitative estimate of drug-likeness (QED) is 0.867. The molecule has 0 bridgehead atoms. The van der Waals surface area contributed by atoms with E-state index in [0.29, 0.717) is 18.2 Å². The van der Waals surface area contributed by atoms with Crippen molar-refractivity contribution in [2.24, 2.45) is 0 Å². The fourth-order valence-corrected chi connectivity index (χ4v) is 3.29. The van der Waals surface area contributed by atoms with Crippen LogP contribution in [0.25, 0.3) is 0 Å². The molecule has 3 heterocycles. The molecule has 118 valence electrons. The maximum atomic E-state index is 12.7. The van der Waals surface area contributed by atoms with Crippen molar-refractivity contribution in [1.82, 2.24) is 14.6 Å². The molecule has 0 aromatic carbocycles. The summed E-state index contributed by atoms with van der Waals surface area (Å²) in [5.74, 6) is 0.653. The van der Waals surface area contributed by atoms with E-state index in [1.165, 1.54) is 5.69 Å². The van der Waals surface area contributed by atoms with E-state index in [1.54, 1.807) is 0 Å². The molecule has 0 spiro atoms. The number of carbonyl (C=O) groups is 1. The molecule has 5 nitrogen and oxygen atoms in total. The molecule has 0 aliphatic carbocycles. The first-order valence-electron chi connectivity index (χ1n) is 8.08. The van der Waals surface area contributed by atoms with Crippen LogP contribution in [0.5, 0.6) is 0 Å². The molecule has 5 heteroatoms. The number of fused-ring (bicyclic) bond motifs is 1. The lowest BCUT2D eigenvalue weighted by molar-refractivity contribution is 0.0601. The molecule has 1 atom stereocenters. The van der Waals surface area contributed by atoms with Crippen molar-refractivity contribution in [3.05, 3.63) is 41.5 Å². The molecule has 0 radical (unpaired) electrons. The summed E-state index contributed by atoms with van der Waals surface area (Å²) in [7, 11) is 0. The Morgan fingerprint density at radius 3 is 2.91 bits per heavy atom. The van der Waals surface area contributed by atoms with Crippen LogP contribution in [0.1, 0.15) is 67.5 Å². The number of aromatic nitrogens is 2. The first-order valence-corrected chi connectivity index (χ1v) is 8.08. The summed E-state index contributed by atoms with van der Waals surface area (Å²) < 4.78 is 7.53. The summed E-state index contributed by atoms with van der Waals surface area (Å²) in [5, 5.41) is 4.11. The van der Waals surface area contributed by atoms with Gasteiger partial charge in [0, 0.05) is 37.0 Å². The third-order valence-electron chi connectivity index (χ3n) is 4.75. The van der Waals surface area contributed by atoms with E-state index in [4.69, 9.17) is 4.52 Å². The minimum absolute atomic E-state index is 0.0537. The van der Waals surface area contributed by atoms with Crippen LogP contribution < -0.4 is 0 Å². The summed E-state index contributed by atoms with van der Waals surface area (Å²) in [6.45, 7) is 7.84. The zero-order valence-corrected chi connectivity index (χ0v) is 13.5. The Labute approximate surface area is 130 Å². The van der Waals surface area contributed by atoms with Crippen LogP contribution in [0.3, 0.4) is 0 Å². The van der Waals surface area contributed by atoms with Crippen LogP contribution >= 0.6 is 0 Å². The highest BCUT2D eigenvalue weighted by atomic mass is 16.5. The average Bonchev–Trinajstić information content (AvgIpc) is 3.17. The van der Waals surface area contributed by atoms with Gasteiger partial charge < -0.3 is 14.0 Å². The highest BCUT2D eigenvalue weighted by Crippen LogP contribution is 2.28. The standard InChI is InChI=1S/C17H23N3O2/c1-4-13(5-2)14-11-16(22-18-14)17(21)20-10-9-19-8-6-7-15(19)12(20)3/h6-8,11-13H,4-5,9-10H2,1-3H3. The van der Waals surface area contributed by atoms with E-state index < -0.39 is 0 Å². The fourth-order valence-electron chi connectivity index (χ4n) is 3.29. The molecule has 0 saturated carbocycles. The van der Waals surface area contributed by atoms with Crippen LogP contribution in [0.2, 0.25) is 0 Å². The van der Waals surface area contributed by atoms with E-state index in [0.717, 1.165) is 25.1 Å². The summed E-state index contributed by atoms with van der Waals surface area (Å²) >= 11 is 0. The smallest absolute Gasteiger partial charge is 0.293 e. The molecule has 2 aromatic heterocycles. The van der Waals surface area contributed by atoms with Gasteiger partial charge in [0.15, 0.2) is 0 Å². The Kier molecular flexibility index (Phi) is 4.05. The van der Waals surface area contributed by atoms with Gasteiger partial charge in [-0.2, -0.15) is 0 Å². The maximum Gasteiger partial charge on any atom is 0.293 e. The van der Waals surface area contributed by atoms with Crippen molar-refractivity contribution < 1.29 is 9.32 Å². The molecule has 0 saturated heterocycles. The van der Waals surface area contributed by atoms with E-state index in [9.17, 15) is 4.79 Å². The lowest BCUT2D eigenvalue weighted by Gasteiger charge is -2.34. The summed E-state index contributed by atoms with van der Waals surface area (Å²) in [4.78, 5) is 14.6. The predicted molar refractivity (Wildman–Crippen MR) is 83.7 cm³/mol. The molecule has 1 aliphatic heterocycles. The lowest BCUT2D eigenvalue weighted by atomic mass is 9.99. The molecule has 22 heavy (non-hydrogen) atoms. The van der Waals surface area contributed by atoms with Crippen molar-refractivity contribution >= 4 is 5.91 Å². The number of amides is 1. The summed E-state index contributed by atoms with van der Waals surface area (Å²) in [6, 6.07) is 5.97. The Morgan fingerprint density at radius 2 is 2.18 bits per heavy atom. The van der Waals surface area contributed by atoms with Gasteiger partial charge in [0.2, 0.25) is 5.76 Å². The first kappa shape index (κ1) is 14.9. The van der Waals surface area contributed by atoms with Crippen LogP contribution in [0.15, 0.2) is 28.9 Å².